The van der Waals surface area contributed by atoms with Gasteiger partial charge in [-0.25, -0.2) is 4.39 Å². The van der Waals surface area contributed by atoms with Crippen LogP contribution in [-0.2, 0) is 17.9 Å². The first-order valence-corrected chi connectivity index (χ1v) is 8.23. The second kappa shape index (κ2) is 7.96. The van der Waals surface area contributed by atoms with Gasteiger partial charge in [0.15, 0.2) is 5.82 Å². The van der Waals surface area contributed by atoms with E-state index in [2.05, 4.69) is 15.5 Å². The smallest absolute Gasteiger partial charge is 0.358 e. The van der Waals surface area contributed by atoms with E-state index in [1.807, 2.05) is 0 Å². The van der Waals surface area contributed by atoms with Gasteiger partial charge in [0, 0.05) is 23.7 Å². The summed E-state index contributed by atoms with van der Waals surface area (Å²) in [6.07, 6.45) is 3.17. The number of rotatable bonds is 7. The Bertz CT molecular complexity index is 986. The number of nitrogens with zero attached hydrogens (tertiary/aromatic N) is 5. The molecule has 9 nitrogen and oxygen atoms in total. The van der Waals surface area contributed by atoms with Crippen LogP contribution in [0.25, 0.3) is 0 Å². The van der Waals surface area contributed by atoms with Crippen LogP contribution in [0.5, 0.6) is 0 Å². The van der Waals surface area contributed by atoms with Gasteiger partial charge in [-0.2, -0.15) is 9.78 Å². The molecule has 0 radical (unpaired) electrons. The molecule has 1 amide bonds. The van der Waals surface area contributed by atoms with Crippen LogP contribution in [0.2, 0.25) is 5.02 Å². The van der Waals surface area contributed by atoms with Gasteiger partial charge in [0.1, 0.15) is 5.82 Å². The summed E-state index contributed by atoms with van der Waals surface area (Å²) in [5.74, 6) is -0.642. The number of hydrogen-bond acceptors (Lipinski definition) is 5. The van der Waals surface area contributed by atoms with E-state index in [0.29, 0.717) is 22.9 Å². The van der Waals surface area contributed by atoms with E-state index in [1.165, 1.54) is 29.1 Å². The average Bonchev–Trinajstić information content (AvgIpc) is 3.25. The van der Waals surface area contributed by atoms with E-state index in [0.717, 1.165) is 0 Å². The van der Waals surface area contributed by atoms with Gasteiger partial charge in [0.2, 0.25) is 5.91 Å². The lowest BCUT2D eigenvalue weighted by Crippen LogP contribution is -2.15. The minimum absolute atomic E-state index is 0.0789. The summed E-state index contributed by atoms with van der Waals surface area (Å²) in [4.78, 5) is 22.0. The first-order chi connectivity index (χ1) is 12.9. The van der Waals surface area contributed by atoms with Gasteiger partial charge < -0.3 is 15.4 Å². The highest BCUT2D eigenvalue weighted by molar-refractivity contribution is 6.31. The number of anilines is 1. The van der Waals surface area contributed by atoms with E-state index >= 15 is 0 Å². The molecule has 3 rings (SSSR count). The largest absolute Gasteiger partial charge is 0.389 e. The summed E-state index contributed by atoms with van der Waals surface area (Å²) in [6.45, 7) is 0.525. The number of carbonyl (C=O) groups is 1. The molecule has 0 fully saturated rings. The second-order valence-corrected chi connectivity index (χ2v) is 6.03. The van der Waals surface area contributed by atoms with Crippen LogP contribution in [0.15, 0.2) is 42.7 Å². The number of halogens is 2. The first-order valence-electron chi connectivity index (χ1n) is 7.86. The Morgan fingerprint density at radius 2 is 2.00 bits per heavy atom. The van der Waals surface area contributed by atoms with E-state index in [4.69, 9.17) is 11.6 Å². The molecule has 0 atom stereocenters. The molecule has 2 heterocycles. The zero-order valence-electron chi connectivity index (χ0n) is 13.9. The average molecular weight is 393 g/mol. The van der Waals surface area contributed by atoms with E-state index in [1.54, 1.807) is 23.0 Å². The van der Waals surface area contributed by atoms with Crippen LogP contribution in [-0.4, -0.2) is 30.4 Å². The molecule has 1 aromatic carbocycles. The van der Waals surface area contributed by atoms with Crippen molar-refractivity contribution >= 4 is 29.1 Å². The second-order valence-electron chi connectivity index (χ2n) is 5.63. The van der Waals surface area contributed by atoms with Gasteiger partial charge in [0.25, 0.3) is 0 Å². The van der Waals surface area contributed by atoms with Gasteiger partial charge in [-0.1, -0.05) is 17.7 Å². The minimum atomic E-state index is -0.601. The molecule has 2 aromatic heterocycles. The summed E-state index contributed by atoms with van der Waals surface area (Å²) in [5.41, 5.74) is 0.694. The Kier molecular flexibility index (Phi) is 5.46. The number of benzene rings is 1. The van der Waals surface area contributed by atoms with Crippen LogP contribution in [0.1, 0.15) is 12.0 Å². The highest BCUT2D eigenvalue weighted by Crippen LogP contribution is 2.18. The number of aromatic nitrogens is 4. The van der Waals surface area contributed by atoms with Crippen molar-refractivity contribution in [3.63, 3.8) is 0 Å². The Morgan fingerprint density at radius 1 is 1.22 bits per heavy atom. The van der Waals surface area contributed by atoms with Gasteiger partial charge in [-0.05, 0) is 22.6 Å². The first kappa shape index (κ1) is 18.5. The van der Waals surface area contributed by atoms with Gasteiger partial charge in [-0.3, -0.25) is 9.48 Å². The van der Waals surface area contributed by atoms with Crippen LogP contribution >= 0.6 is 11.6 Å². The van der Waals surface area contributed by atoms with Gasteiger partial charge >= 0.3 is 5.82 Å². The number of carbonyl (C=O) groups excluding carboxylic acids is 1. The quantitative estimate of drug-likeness (QED) is 0.491. The number of nitrogens with one attached hydrogen (secondary N) is 1. The van der Waals surface area contributed by atoms with Gasteiger partial charge in [-0.15, -0.1) is 0 Å². The summed E-state index contributed by atoms with van der Waals surface area (Å²) in [5, 5.41) is 21.5. The molecule has 0 bridgehead atoms. The van der Waals surface area contributed by atoms with Crippen molar-refractivity contribution in [1.82, 2.24) is 19.6 Å². The van der Waals surface area contributed by atoms with Crippen molar-refractivity contribution in [3.05, 3.63) is 69.2 Å². The molecule has 0 unspecified atom stereocenters. The highest BCUT2D eigenvalue weighted by atomic mass is 35.5. The Balaban J connectivity index is 1.53. The lowest BCUT2D eigenvalue weighted by molar-refractivity contribution is -0.389. The lowest BCUT2D eigenvalue weighted by Gasteiger charge is -2.05. The number of aryl methyl sites for hydroxylation is 1. The van der Waals surface area contributed by atoms with Crippen LogP contribution in [0.3, 0.4) is 0 Å². The molecule has 3 aromatic rings. The molecule has 1 N–H and O–H groups in total. The van der Waals surface area contributed by atoms with Crippen molar-refractivity contribution in [3.8, 4) is 0 Å². The predicted molar refractivity (Wildman–Crippen MR) is 94.9 cm³/mol. The van der Waals surface area contributed by atoms with E-state index in [9.17, 15) is 19.3 Å². The fraction of sp³-hybridized carbons (Fsp3) is 0.188. The molecule has 0 aliphatic heterocycles. The van der Waals surface area contributed by atoms with Crippen LogP contribution < -0.4 is 5.32 Å². The topological polar surface area (TPSA) is 108 Å². The molecule has 140 valence electrons. The van der Waals surface area contributed by atoms with Crippen molar-refractivity contribution in [2.45, 2.75) is 19.5 Å². The van der Waals surface area contributed by atoms with Crippen molar-refractivity contribution < 1.29 is 14.1 Å². The fourth-order valence-electron chi connectivity index (χ4n) is 2.34. The Hall–Kier alpha value is -3.27. The normalized spacial score (nSPS) is 10.7. The third-order valence-electron chi connectivity index (χ3n) is 3.64. The van der Waals surface area contributed by atoms with Crippen LogP contribution in [0.4, 0.5) is 16.0 Å². The van der Waals surface area contributed by atoms with Gasteiger partial charge in [0.05, 0.1) is 30.5 Å². The third kappa shape index (κ3) is 4.88. The zero-order valence-corrected chi connectivity index (χ0v) is 14.6. The number of nitro groups is 1. The summed E-state index contributed by atoms with van der Waals surface area (Å²) < 4.78 is 16.0. The molecule has 11 heteroatoms. The molecule has 0 aliphatic carbocycles. The SMILES string of the molecule is O=C(CCn1ccc([N+](=O)[O-])n1)Nc1ccn(Cc2ccc(F)cc2Cl)n1. The molecule has 0 spiro atoms. The maximum Gasteiger partial charge on any atom is 0.389 e. The maximum atomic E-state index is 13.1. The fourth-order valence-corrected chi connectivity index (χ4v) is 2.56. The standard InChI is InChI=1S/C16H14ClFN6O3/c17-13-9-12(18)2-1-11(13)10-23-6-3-14(20-23)19-16(25)5-8-22-7-4-15(21-22)24(26)27/h1-4,6-7,9H,5,8,10H2,(H,19,20,25). The van der Waals surface area contributed by atoms with Crippen molar-refractivity contribution in [1.29, 1.82) is 0 Å². The molecule has 0 aliphatic rings. The molecular formula is C16H14ClFN6O3. The molecule has 27 heavy (non-hydrogen) atoms. The highest BCUT2D eigenvalue weighted by Gasteiger charge is 2.12. The van der Waals surface area contributed by atoms with Crippen molar-refractivity contribution in [2.24, 2.45) is 0 Å². The molecular weight excluding hydrogens is 379 g/mol. The molecule has 0 saturated carbocycles. The minimum Gasteiger partial charge on any atom is -0.358 e. The Labute approximate surface area is 157 Å². The lowest BCUT2D eigenvalue weighted by atomic mass is 10.2. The van der Waals surface area contributed by atoms with Crippen LogP contribution in [0, 0.1) is 15.9 Å². The Morgan fingerprint density at radius 3 is 2.70 bits per heavy atom. The maximum absolute atomic E-state index is 13.1. The van der Waals surface area contributed by atoms with Crippen molar-refractivity contribution in [2.75, 3.05) is 5.32 Å². The number of amides is 1. The molecule has 0 saturated heterocycles. The van der Waals surface area contributed by atoms with E-state index < -0.39 is 10.7 Å². The predicted octanol–water partition coefficient (Wildman–Crippen LogP) is 2.86. The third-order valence-corrected chi connectivity index (χ3v) is 3.99. The summed E-state index contributed by atoms with van der Waals surface area (Å²) >= 11 is 5.99. The zero-order chi connectivity index (χ0) is 19.4. The monoisotopic (exact) mass is 392 g/mol. The number of hydrogen-bond donors (Lipinski definition) is 1. The van der Waals surface area contributed by atoms with E-state index in [-0.39, 0.29) is 24.7 Å². The summed E-state index contributed by atoms with van der Waals surface area (Å²) in [7, 11) is 0. The summed E-state index contributed by atoms with van der Waals surface area (Å²) in [6, 6.07) is 6.99.